The molecule has 3 nitrogen and oxygen atoms in total. The lowest BCUT2D eigenvalue weighted by molar-refractivity contribution is -0.318. The summed E-state index contributed by atoms with van der Waals surface area (Å²) < 4.78 is 49.0. The number of carbonyl (C=O) groups excluding carboxylic acids is 1. The molecule has 0 aromatic carbocycles. The van der Waals surface area contributed by atoms with E-state index in [-0.39, 0.29) is 31.6 Å². The zero-order valence-corrected chi connectivity index (χ0v) is 16.8. The summed E-state index contributed by atoms with van der Waals surface area (Å²) in [6.07, 6.45) is 5.18. The van der Waals surface area contributed by atoms with Crippen molar-refractivity contribution in [3.63, 3.8) is 0 Å². The van der Waals surface area contributed by atoms with Gasteiger partial charge in [0, 0.05) is 0 Å². The van der Waals surface area contributed by atoms with Crippen molar-refractivity contribution >= 4 is 5.97 Å². The van der Waals surface area contributed by atoms with E-state index in [0.717, 1.165) is 24.7 Å². The highest BCUT2D eigenvalue weighted by atomic mass is 19.3. The molecule has 0 aromatic heterocycles. The number of alkyl halides is 3. The van der Waals surface area contributed by atoms with Gasteiger partial charge in [-0.25, -0.2) is 4.39 Å². The number of ether oxygens (including phenoxy) is 1. The van der Waals surface area contributed by atoms with Gasteiger partial charge in [0.1, 0.15) is 5.60 Å². The number of aliphatic hydroxyl groups is 1. The Morgan fingerprint density at radius 1 is 0.893 bits per heavy atom. The van der Waals surface area contributed by atoms with Gasteiger partial charge in [-0.05, 0) is 82.0 Å². The van der Waals surface area contributed by atoms with Gasteiger partial charge in [-0.3, -0.25) is 4.79 Å². The van der Waals surface area contributed by atoms with E-state index in [9.17, 15) is 23.1 Å². The number of hydrogen-bond donors (Lipinski definition) is 1. The van der Waals surface area contributed by atoms with Crippen molar-refractivity contribution in [3.05, 3.63) is 0 Å². The van der Waals surface area contributed by atoms with Crippen molar-refractivity contribution in [2.45, 2.75) is 107 Å². The van der Waals surface area contributed by atoms with Gasteiger partial charge in [0.2, 0.25) is 0 Å². The van der Waals surface area contributed by atoms with Crippen LogP contribution in [0.25, 0.3) is 0 Å². The van der Waals surface area contributed by atoms with Crippen molar-refractivity contribution < 1.29 is 27.8 Å². The minimum absolute atomic E-state index is 0.0795. The third-order valence-electron chi connectivity index (χ3n) is 8.45. The highest BCUT2D eigenvalue weighted by Crippen LogP contribution is 2.58. The Kier molecular flexibility index (Phi) is 5.25. The van der Waals surface area contributed by atoms with E-state index < -0.39 is 29.3 Å². The van der Waals surface area contributed by atoms with Crippen LogP contribution in [0.4, 0.5) is 13.2 Å². The molecular weight excluding hydrogens is 369 g/mol. The molecule has 1 N–H and O–H groups in total. The number of fused-ring (bicyclic) bond motifs is 3. The molecule has 5 fully saturated rings. The lowest BCUT2D eigenvalue weighted by Crippen LogP contribution is -2.71. The van der Waals surface area contributed by atoms with Gasteiger partial charge in [0.15, 0.2) is 11.8 Å². The highest BCUT2D eigenvalue weighted by Gasteiger charge is 2.74. The molecule has 5 aliphatic rings. The van der Waals surface area contributed by atoms with E-state index in [0.29, 0.717) is 18.8 Å². The molecule has 0 heterocycles. The van der Waals surface area contributed by atoms with E-state index in [1.165, 1.54) is 25.7 Å². The summed E-state index contributed by atoms with van der Waals surface area (Å²) in [5, 5.41) is 10.1. The zero-order valence-electron chi connectivity index (χ0n) is 16.8. The van der Waals surface area contributed by atoms with Crippen LogP contribution in [0.15, 0.2) is 0 Å². The normalized spacial score (nSPS) is 48.2. The van der Waals surface area contributed by atoms with Gasteiger partial charge >= 0.3 is 11.9 Å². The summed E-state index contributed by atoms with van der Waals surface area (Å²) in [4.78, 5) is 12.7. The molecule has 5 saturated carbocycles. The van der Waals surface area contributed by atoms with Crippen molar-refractivity contribution in [1.82, 2.24) is 0 Å². The summed E-state index contributed by atoms with van der Waals surface area (Å²) >= 11 is 0. The molecule has 6 heteroatoms. The van der Waals surface area contributed by atoms with E-state index in [4.69, 9.17) is 4.74 Å². The Morgan fingerprint density at radius 3 is 1.93 bits per heavy atom. The third kappa shape index (κ3) is 3.27. The Bertz CT molecular complexity index is 584. The van der Waals surface area contributed by atoms with Crippen LogP contribution in [0.3, 0.4) is 0 Å². The molecule has 0 saturated heterocycles. The average molecular weight is 402 g/mol. The second kappa shape index (κ2) is 7.17. The van der Waals surface area contributed by atoms with Gasteiger partial charge in [-0.1, -0.05) is 19.8 Å². The average Bonchev–Trinajstić information content (AvgIpc) is 2.69. The van der Waals surface area contributed by atoms with E-state index in [1.54, 1.807) is 0 Å². The standard InChI is InChI=1S/C22H33F3O3/c1-14-2-4-15(5-3-14)16-6-8-17(9-7-16)18(26)28-21-12-10-20(27,11-13-21)19(23)22(21,24)25/h14-17,19,27H,2-13H2,1H3. The monoisotopic (exact) mass is 402 g/mol. The Morgan fingerprint density at radius 2 is 1.39 bits per heavy atom. The van der Waals surface area contributed by atoms with Gasteiger partial charge in [0.05, 0.1) is 5.92 Å². The topological polar surface area (TPSA) is 46.5 Å². The SMILES string of the molecule is CC1CCC(C2CCC(C(=O)OC34CCC(O)(CC3)C(F)C4(F)F)CC2)CC1. The second-order valence-corrected chi connectivity index (χ2v) is 10.1. The molecule has 0 radical (unpaired) electrons. The Balaban J connectivity index is 1.35. The first-order valence-electron chi connectivity index (χ1n) is 11.1. The van der Waals surface area contributed by atoms with Gasteiger partial charge < -0.3 is 9.84 Å². The molecule has 5 rings (SSSR count). The molecule has 1 atom stereocenters. The maximum Gasteiger partial charge on any atom is 0.320 e. The fourth-order valence-corrected chi connectivity index (χ4v) is 6.27. The van der Waals surface area contributed by atoms with Crippen molar-refractivity contribution in [3.8, 4) is 0 Å². The molecule has 0 amide bonds. The summed E-state index contributed by atoms with van der Waals surface area (Å²) in [5.74, 6) is -2.60. The van der Waals surface area contributed by atoms with Crippen LogP contribution < -0.4 is 0 Å². The van der Waals surface area contributed by atoms with Crippen molar-refractivity contribution in [2.24, 2.45) is 23.7 Å². The van der Waals surface area contributed by atoms with E-state index >= 15 is 0 Å². The molecule has 1 unspecified atom stereocenters. The van der Waals surface area contributed by atoms with Crippen molar-refractivity contribution in [1.29, 1.82) is 0 Å². The lowest BCUT2D eigenvalue weighted by Gasteiger charge is -2.56. The van der Waals surface area contributed by atoms with Gasteiger partial charge in [-0.2, -0.15) is 8.78 Å². The second-order valence-electron chi connectivity index (χ2n) is 10.1. The van der Waals surface area contributed by atoms with Crippen LogP contribution in [0.2, 0.25) is 0 Å². The van der Waals surface area contributed by atoms with Crippen LogP contribution in [-0.2, 0) is 9.53 Å². The quantitative estimate of drug-likeness (QED) is 0.661. The molecule has 160 valence electrons. The summed E-state index contributed by atoms with van der Waals surface area (Å²) in [5.41, 5.74) is -4.06. The summed E-state index contributed by atoms with van der Waals surface area (Å²) in [6.45, 7) is 2.30. The molecule has 0 spiro atoms. The Labute approximate surface area is 165 Å². The molecule has 5 aliphatic carbocycles. The zero-order chi connectivity index (χ0) is 20.2. The van der Waals surface area contributed by atoms with Crippen LogP contribution in [0.1, 0.15) is 84.0 Å². The third-order valence-corrected chi connectivity index (χ3v) is 8.45. The molecule has 28 heavy (non-hydrogen) atoms. The number of carbonyl (C=O) groups is 1. The molecule has 0 aliphatic heterocycles. The fraction of sp³-hybridized carbons (Fsp3) is 0.955. The maximum atomic E-state index is 14.6. The maximum absolute atomic E-state index is 14.6. The van der Waals surface area contributed by atoms with Gasteiger partial charge in [-0.15, -0.1) is 0 Å². The number of rotatable bonds is 3. The van der Waals surface area contributed by atoms with Crippen LogP contribution in [0.5, 0.6) is 0 Å². The van der Waals surface area contributed by atoms with E-state index in [1.807, 2.05) is 0 Å². The van der Waals surface area contributed by atoms with Crippen molar-refractivity contribution in [2.75, 3.05) is 0 Å². The lowest BCUT2D eigenvalue weighted by atomic mass is 9.61. The minimum atomic E-state index is -3.83. The summed E-state index contributed by atoms with van der Waals surface area (Å²) in [6, 6.07) is 0. The number of halogens is 3. The minimum Gasteiger partial charge on any atom is -0.452 e. The predicted molar refractivity (Wildman–Crippen MR) is 98.7 cm³/mol. The molecule has 2 bridgehead atoms. The van der Waals surface area contributed by atoms with Crippen LogP contribution >= 0.6 is 0 Å². The number of esters is 1. The highest BCUT2D eigenvalue weighted by molar-refractivity contribution is 5.73. The first-order chi connectivity index (χ1) is 13.2. The first kappa shape index (κ1) is 20.5. The van der Waals surface area contributed by atoms with Gasteiger partial charge in [0.25, 0.3) is 0 Å². The first-order valence-corrected chi connectivity index (χ1v) is 11.1. The van der Waals surface area contributed by atoms with E-state index in [2.05, 4.69) is 6.92 Å². The molecular formula is C22H33F3O3. The smallest absolute Gasteiger partial charge is 0.320 e. The largest absolute Gasteiger partial charge is 0.452 e. The predicted octanol–water partition coefficient (Wildman–Crippen LogP) is 5.19. The summed E-state index contributed by atoms with van der Waals surface area (Å²) in [7, 11) is 0. The van der Waals surface area contributed by atoms with Crippen LogP contribution in [0, 0.1) is 23.7 Å². The Hall–Kier alpha value is -0.780. The molecule has 0 aromatic rings. The number of hydrogen-bond acceptors (Lipinski definition) is 3. The van der Waals surface area contributed by atoms with Crippen LogP contribution in [-0.4, -0.2) is 34.4 Å². The fourth-order valence-electron chi connectivity index (χ4n) is 6.27.